The molecule has 1 atom stereocenters. The van der Waals surface area contributed by atoms with E-state index in [1.807, 2.05) is 13.8 Å². The Morgan fingerprint density at radius 2 is 1.96 bits per heavy atom. The first-order valence-corrected chi connectivity index (χ1v) is 9.88. The summed E-state index contributed by atoms with van der Waals surface area (Å²) in [6.07, 6.45) is -4.66. The van der Waals surface area contributed by atoms with Crippen molar-refractivity contribution in [3.63, 3.8) is 0 Å². The first-order valence-electron chi connectivity index (χ1n) is 8.18. The van der Waals surface area contributed by atoms with E-state index in [1.165, 1.54) is 18.3 Å². The SMILES string of the molecule is Cc1cc(C(F)(F)F)c(C#N)c(SC(C)c2nc3sc(C)c(C)c3c(=O)[nH]2)n1. The third kappa shape index (κ3) is 3.64. The number of hydrogen-bond acceptors (Lipinski definition) is 6. The molecule has 0 saturated carbocycles. The van der Waals surface area contributed by atoms with Gasteiger partial charge in [-0.3, -0.25) is 4.79 Å². The van der Waals surface area contributed by atoms with Gasteiger partial charge in [0.1, 0.15) is 21.7 Å². The molecule has 0 fully saturated rings. The summed E-state index contributed by atoms with van der Waals surface area (Å²) in [5, 5.41) is 9.25. The lowest BCUT2D eigenvalue weighted by molar-refractivity contribution is -0.138. The molecule has 0 aliphatic rings. The van der Waals surface area contributed by atoms with Crippen LogP contribution in [-0.4, -0.2) is 15.0 Å². The third-order valence-corrected chi connectivity index (χ3v) is 6.46. The topological polar surface area (TPSA) is 82.4 Å². The van der Waals surface area contributed by atoms with Gasteiger partial charge in [0, 0.05) is 10.6 Å². The zero-order chi connectivity index (χ0) is 20.8. The van der Waals surface area contributed by atoms with Crippen molar-refractivity contribution in [2.45, 2.75) is 44.1 Å². The number of rotatable bonds is 3. The highest BCUT2D eigenvalue weighted by molar-refractivity contribution is 7.99. The average Bonchev–Trinajstić information content (AvgIpc) is 2.88. The lowest BCUT2D eigenvalue weighted by Crippen LogP contribution is -2.13. The molecule has 0 saturated heterocycles. The van der Waals surface area contributed by atoms with Crippen LogP contribution in [0, 0.1) is 32.1 Å². The van der Waals surface area contributed by atoms with Crippen molar-refractivity contribution < 1.29 is 13.2 Å². The molecule has 3 rings (SSSR count). The van der Waals surface area contributed by atoms with Crippen molar-refractivity contribution in [3.8, 4) is 6.07 Å². The standard InChI is InChI=1S/C18H15F3N4OS2/c1-7-5-12(18(19,20)21)11(6-22)16(23-7)28-10(4)14-24-15(26)13-8(2)9(3)27-17(13)25-14/h5,10H,1-4H3,(H,24,25,26). The van der Waals surface area contributed by atoms with Crippen LogP contribution in [0.4, 0.5) is 13.2 Å². The van der Waals surface area contributed by atoms with E-state index < -0.39 is 22.6 Å². The van der Waals surface area contributed by atoms with Gasteiger partial charge >= 0.3 is 6.18 Å². The Morgan fingerprint density at radius 3 is 2.57 bits per heavy atom. The zero-order valence-corrected chi connectivity index (χ0v) is 17.0. The molecule has 3 aromatic rings. The van der Waals surface area contributed by atoms with Gasteiger partial charge in [-0.05, 0) is 39.3 Å². The number of nitrogens with one attached hydrogen (secondary N) is 1. The summed E-state index contributed by atoms with van der Waals surface area (Å²) in [6, 6.07) is 2.47. The highest BCUT2D eigenvalue weighted by Gasteiger charge is 2.36. The molecule has 3 heterocycles. The molecule has 0 aliphatic carbocycles. The normalized spacial score (nSPS) is 12.9. The van der Waals surface area contributed by atoms with Gasteiger partial charge in [0.2, 0.25) is 0 Å². The van der Waals surface area contributed by atoms with Gasteiger partial charge in [0.05, 0.1) is 21.8 Å². The fourth-order valence-corrected chi connectivity index (χ4v) is 4.81. The van der Waals surface area contributed by atoms with E-state index in [0.29, 0.717) is 16.0 Å². The predicted molar refractivity (Wildman–Crippen MR) is 103 cm³/mol. The molecule has 1 N–H and O–H groups in total. The Kier molecular flexibility index (Phi) is 5.25. The highest BCUT2D eigenvalue weighted by atomic mass is 32.2. The number of nitrogens with zero attached hydrogens (tertiary/aromatic N) is 3. The summed E-state index contributed by atoms with van der Waals surface area (Å²) < 4.78 is 39.8. The van der Waals surface area contributed by atoms with Crippen molar-refractivity contribution >= 4 is 33.3 Å². The molecule has 0 aromatic carbocycles. The zero-order valence-electron chi connectivity index (χ0n) is 15.4. The fourth-order valence-electron chi connectivity index (χ4n) is 2.75. The number of aryl methyl sites for hydroxylation is 3. The highest BCUT2D eigenvalue weighted by Crippen LogP contribution is 2.40. The molecule has 0 aliphatic heterocycles. The molecular weight excluding hydrogens is 409 g/mol. The Balaban J connectivity index is 2.06. The summed E-state index contributed by atoms with van der Waals surface area (Å²) in [5.41, 5.74) is -0.812. The third-order valence-electron chi connectivity index (χ3n) is 4.26. The van der Waals surface area contributed by atoms with E-state index in [1.54, 1.807) is 13.0 Å². The first-order chi connectivity index (χ1) is 13.0. The molecule has 28 heavy (non-hydrogen) atoms. The monoisotopic (exact) mass is 424 g/mol. The quantitative estimate of drug-likeness (QED) is 0.595. The summed E-state index contributed by atoms with van der Waals surface area (Å²) in [4.78, 5) is 25.3. The van der Waals surface area contributed by atoms with Gasteiger partial charge in [-0.2, -0.15) is 18.4 Å². The molecule has 0 amide bonds. The van der Waals surface area contributed by atoms with E-state index >= 15 is 0 Å². The second-order valence-corrected chi connectivity index (χ2v) is 8.81. The molecule has 0 bridgehead atoms. The number of aromatic nitrogens is 3. The number of thiophene rings is 1. The lowest BCUT2D eigenvalue weighted by Gasteiger charge is -2.15. The molecular formula is C18H15F3N4OS2. The van der Waals surface area contributed by atoms with Crippen LogP contribution in [0.3, 0.4) is 0 Å². The summed E-state index contributed by atoms with van der Waals surface area (Å²) in [7, 11) is 0. The van der Waals surface area contributed by atoms with Gasteiger partial charge in [-0.15, -0.1) is 11.3 Å². The van der Waals surface area contributed by atoms with Gasteiger partial charge in [-0.1, -0.05) is 11.8 Å². The number of thioether (sulfide) groups is 1. The second kappa shape index (κ2) is 7.22. The fraction of sp³-hybridized carbons (Fsp3) is 0.333. The van der Waals surface area contributed by atoms with Crippen molar-refractivity contribution in [1.82, 2.24) is 15.0 Å². The van der Waals surface area contributed by atoms with E-state index in [9.17, 15) is 23.2 Å². The molecule has 0 radical (unpaired) electrons. The number of H-pyrrole nitrogens is 1. The maximum atomic E-state index is 13.3. The number of nitriles is 1. The number of pyridine rings is 1. The Labute approximate surface area is 166 Å². The maximum absolute atomic E-state index is 13.3. The van der Waals surface area contributed by atoms with E-state index in [2.05, 4.69) is 15.0 Å². The Hall–Kier alpha value is -2.38. The van der Waals surface area contributed by atoms with Crippen LogP contribution >= 0.6 is 23.1 Å². The van der Waals surface area contributed by atoms with Crippen LogP contribution in [0.2, 0.25) is 0 Å². The van der Waals surface area contributed by atoms with Crippen LogP contribution in [0.25, 0.3) is 10.2 Å². The van der Waals surface area contributed by atoms with Gasteiger partial charge in [-0.25, -0.2) is 9.97 Å². The summed E-state index contributed by atoms with van der Waals surface area (Å²) in [5.74, 6) is 0.324. The summed E-state index contributed by atoms with van der Waals surface area (Å²) in [6.45, 7) is 6.87. The molecule has 146 valence electrons. The van der Waals surface area contributed by atoms with E-state index in [0.717, 1.165) is 28.3 Å². The van der Waals surface area contributed by atoms with Gasteiger partial charge < -0.3 is 4.98 Å². The second-order valence-electron chi connectivity index (χ2n) is 6.28. The number of alkyl halides is 3. The van der Waals surface area contributed by atoms with Crippen LogP contribution < -0.4 is 5.56 Å². The Morgan fingerprint density at radius 1 is 1.29 bits per heavy atom. The Bertz CT molecular complexity index is 1170. The summed E-state index contributed by atoms with van der Waals surface area (Å²) >= 11 is 2.35. The minimum Gasteiger partial charge on any atom is -0.309 e. The van der Waals surface area contributed by atoms with Gasteiger partial charge in [0.25, 0.3) is 5.56 Å². The predicted octanol–water partition coefficient (Wildman–Crippen LogP) is 5.05. The smallest absolute Gasteiger partial charge is 0.309 e. The molecule has 10 heteroatoms. The minimum atomic E-state index is -4.66. The van der Waals surface area contributed by atoms with Crippen molar-refractivity contribution in [2.24, 2.45) is 0 Å². The van der Waals surface area contributed by atoms with E-state index in [4.69, 9.17) is 0 Å². The molecule has 1 unspecified atom stereocenters. The van der Waals surface area contributed by atoms with Crippen LogP contribution in [-0.2, 0) is 6.18 Å². The molecule has 5 nitrogen and oxygen atoms in total. The van der Waals surface area contributed by atoms with Crippen LogP contribution in [0.15, 0.2) is 15.9 Å². The van der Waals surface area contributed by atoms with Crippen LogP contribution in [0.1, 0.15) is 45.3 Å². The number of hydrogen-bond donors (Lipinski definition) is 1. The number of fused-ring (bicyclic) bond motifs is 1. The minimum absolute atomic E-state index is 0.0383. The van der Waals surface area contributed by atoms with Gasteiger partial charge in [0.15, 0.2) is 0 Å². The number of halogens is 3. The number of aromatic amines is 1. The van der Waals surface area contributed by atoms with Crippen molar-refractivity contribution in [1.29, 1.82) is 5.26 Å². The van der Waals surface area contributed by atoms with Crippen molar-refractivity contribution in [3.05, 3.63) is 49.5 Å². The largest absolute Gasteiger partial charge is 0.417 e. The average molecular weight is 424 g/mol. The van der Waals surface area contributed by atoms with E-state index in [-0.39, 0.29) is 16.3 Å². The first kappa shape index (κ1) is 20.4. The lowest BCUT2D eigenvalue weighted by atomic mass is 10.1. The molecule has 0 spiro atoms. The molecule has 3 aromatic heterocycles. The van der Waals surface area contributed by atoms with Crippen molar-refractivity contribution in [2.75, 3.05) is 0 Å². The maximum Gasteiger partial charge on any atom is 0.417 e. The van der Waals surface area contributed by atoms with Crippen LogP contribution in [0.5, 0.6) is 0 Å².